The van der Waals surface area contributed by atoms with Crippen LogP contribution < -0.4 is 16.6 Å². The summed E-state index contributed by atoms with van der Waals surface area (Å²) in [7, 11) is 0. The molecule has 100 valence electrons. The first kappa shape index (κ1) is 13.1. The molecule has 0 fully saturated rings. The van der Waals surface area contributed by atoms with Gasteiger partial charge in [-0.1, -0.05) is 0 Å². The van der Waals surface area contributed by atoms with Crippen molar-refractivity contribution >= 4 is 17.5 Å². The Labute approximate surface area is 106 Å². The molecular weight excluding hydrogens is 259 g/mol. The molecule has 0 aliphatic carbocycles. The highest BCUT2D eigenvalue weighted by Gasteiger charge is 2.14. The van der Waals surface area contributed by atoms with Crippen molar-refractivity contribution in [2.45, 2.75) is 6.92 Å². The van der Waals surface area contributed by atoms with Gasteiger partial charge < -0.3 is 5.32 Å². The SMILES string of the molecule is Cc1cnc(NN)nc1Nc1ccc(F)c(F)c1F. The van der Waals surface area contributed by atoms with E-state index in [-0.39, 0.29) is 17.5 Å². The highest BCUT2D eigenvalue weighted by molar-refractivity contribution is 5.60. The summed E-state index contributed by atoms with van der Waals surface area (Å²) in [6.07, 6.45) is 1.45. The summed E-state index contributed by atoms with van der Waals surface area (Å²) in [5.41, 5.74) is 2.58. The number of nitrogen functional groups attached to an aromatic ring is 1. The monoisotopic (exact) mass is 269 g/mol. The number of hydrogen-bond acceptors (Lipinski definition) is 5. The van der Waals surface area contributed by atoms with E-state index in [0.29, 0.717) is 5.56 Å². The first-order valence-electron chi connectivity index (χ1n) is 5.23. The van der Waals surface area contributed by atoms with Crippen molar-refractivity contribution in [2.75, 3.05) is 10.7 Å². The Hall–Kier alpha value is -2.35. The number of rotatable bonds is 3. The van der Waals surface area contributed by atoms with Crippen molar-refractivity contribution in [3.05, 3.63) is 41.3 Å². The van der Waals surface area contributed by atoms with Gasteiger partial charge in [-0.25, -0.2) is 24.0 Å². The Morgan fingerprint density at radius 1 is 1.16 bits per heavy atom. The number of halogens is 3. The van der Waals surface area contributed by atoms with Crippen LogP contribution in [0.25, 0.3) is 0 Å². The van der Waals surface area contributed by atoms with Crippen molar-refractivity contribution in [1.82, 2.24) is 9.97 Å². The zero-order valence-electron chi connectivity index (χ0n) is 9.84. The topological polar surface area (TPSA) is 75.9 Å². The molecule has 2 aromatic rings. The van der Waals surface area contributed by atoms with E-state index in [2.05, 4.69) is 20.7 Å². The molecule has 0 atom stereocenters. The fourth-order valence-electron chi connectivity index (χ4n) is 1.39. The van der Waals surface area contributed by atoms with Crippen LogP contribution in [-0.2, 0) is 0 Å². The molecule has 0 saturated carbocycles. The molecule has 4 N–H and O–H groups in total. The van der Waals surface area contributed by atoms with Crippen molar-refractivity contribution in [1.29, 1.82) is 0 Å². The average molecular weight is 269 g/mol. The molecule has 0 bridgehead atoms. The number of hydrazine groups is 1. The second kappa shape index (κ2) is 5.11. The fourth-order valence-corrected chi connectivity index (χ4v) is 1.39. The summed E-state index contributed by atoms with van der Waals surface area (Å²) in [5, 5.41) is 2.55. The lowest BCUT2D eigenvalue weighted by Crippen LogP contribution is -2.12. The highest BCUT2D eigenvalue weighted by atomic mass is 19.2. The van der Waals surface area contributed by atoms with Gasteiger partial charge in [-0.3, -0.25) is 5.43 Å². The van der Waals surface area contributed by atoms with Crippen molar-refractivity contribution in [3.63, 3.8) is 0 Å². The molecule has 1 heterocycles. The first-order valence-corrected chi connectivity index (χ1v) is 5.23. The molecule has 0 unspecified atom stereocenters. The third kappa shape index (κ3) is 2.58. The van der Waals surface area contributed by atoms with E-state index >= 15 is 0 Å². The quantitative estimate of drug-likeness (QED) is 0.452. The number of benzene rings is 1. The summed E-state index contributed by atoms with van der Waals surface area (Å²) in [6, 6.07) is 1.89. The summed E-state index contributed by atoms with van der Waals surface area (Å²) in [4.78, 5) is 7.78. The van der Waals surface area contributed by atoms with Crippen LogP contribution in [0.2, 0.25) is 0 Å². The summed E-state index contributed by atoms with van der Waals surface area (Å²) in [6.45, 7) is 1.67. The predicted molar refractivity (Wildman–Crippen MR) is 64.2 cm³/mol. The Morgan fingerprint density at radius 2 is 1.89 bits per heavy atom. The minimum atomic E-state index is -1.55. The molecule has 0 aliphatic rings. The number of aryl methyl sites for hydroxylation is 1. The van der Waals surface area contributed by atoms with E-state index in [1.165, 1.54) is 6.20 Å². The summed E-state index contributed by atoms with van der Waals surface area (Å²) >= 11 is 0. The van der Waals surface area contributed by atoms with E-state index in [0.717, 1.165) is 12.1 Å². The van der Waals surface area contributed by atoms with Crippen molar-refractivity contribution in [3.8, 4) is 0 Å². The Morgan fingerprint density at radius 3 is 2.58 bits per heavy atom. The van der Waals surface area contributed by atoms with E-state index in [1.54, 1.807) is 6.92 Å². The molecule has 2 rings (SSSR count). The molecule has 0 amide bonds. The maximum absolute atomic E-state index is 13.5. The number of nitrogens with one attached hydrogen (secondary N) is 2. The smallest absolute Gasteiger partial charge is 0.239 e. The number of nitrogens with zero attached hydrogens (tertiary/aromatic N) is 2. The Balaban J connectivity index is 2.39. The third-order valence-electron chi connectivity index (χ3n) is 2.39. The first-order chi connectivity index (χ1) is 9.02. The zero-order chi connectivity index (χ0) is 14.0. The second-order valence-corrected chi connectivity index (χ2v) is 3.72. The van der Waals surface area contributed by atoms with Crippen LogP contribution >= 0.6 is 0 Å². The summed E-state index contributed by atoms with van der Waals surface area (Å²) in [5.74, 6) is 1.36. The van der Waals surface area contributed by atoms with Crippen LogP contribution in [0.15, 0.2) is 18.3 Å². The normalized spacial score (nSPS) is 10.4. The van der Waals surface area contributed by atoms with E-state index in [4.69, 9.17) is 5.84 Å². The Kier molecular flexibility index (Phi) is 3.52. The van der Waals surface area contributed by atoms with Crippen LogP contribution in [0.4, 0.5) is 30.6 Å². The third-order valence-corrected chi connectivity index (χ3v) is 2.39. The minimum absolute atomic E-state index is 0.107. The van der Waals surface area contributed by atoms with Gasteiger partial charge in [-0.2, -0.15) is 4.98 Å². The molecule has 0 radical (unpaired) electrons. The van der Waals surface area contributed by atoms with Gasteiger partial charge in [0.15, 0.2) is 17.5 Å². The lowest BCUT2D eigenvalue weighted by molar-refractivity contribution is 0.449. The van der Waals surface area contributed by atoms with Crippen LogP contribution in [0.3, 0.4) is 0 Å². The van der Waals surface area contributed by atoms with Crippen LogP contribution in [0.5, 0.6) is 0 Å². The molecular formula is C11H10F3N5. The van der Waals surface area contributed by atoms with Crippen LogP contribution in [-0.4, -0.2) is 9.97 Å². The maximum Gasteiger partial charge on any atom is 0.239 e. The average Bonchev–Trinajstić information content (AvgIpc) is 2.41. The van der Waals surface area contributed by atoms with Gasteiger partial charge in [-0.15, -0.1) is 0 Å². The number of aromatic nitrogens is 2. The fraction of sp³-hybridized carbons (Fsp3) is 0.0909. The molecule has 1 aromatic heterocycles. The zero-order valence-corrected chi connectivity index (χ0v) is 9.84. The van der Waals surface area contributed by atoms with E-state index in [9.17, 15) is 13.2 Å². The minimum Gasteiger partial charge on any atom is -0.337 e. The standard InChI is InChI=1S/C11H10F3N5/c1-5-4-16-11(19-15)18-10(5)17-7-3-2-6(12)8(13)9(7)14/h2-4H,15H2,1H3,(H2,16,17,18,19). The van der Waals surface area contributed by atoms with Gasteiger partial charge in [0.2, 0.25) is 5.95 Å². The largest absolute Gasteiger partial charge is 0.337 e. The van der Waals surface area contributed by atoms with E-state index < -0.39 is 17.5 Å². The van der Waals surface area contributed by atoms with Crippen LogP contribution in [0.1, 0.15) is 5.56 Å². The molecule has 0 saturated heterocycles. The molecule has 0 spiro atoms. The molecule has 19 heavy (non-hydrogen) atoms. The van der Waals surface area contributed by atoms with E-state index in [1.807, 2.05) is 0 Å². The molecule has 8 heteroatoms. The van der Waals surface area contributed by atoms with Gasteiger partial charge in [0.05, 0.1) is 5.69 Å². The lowest BCUT2D eigenvalue weighted by atomic mass is 10.2. The number of nitrogens with two attached hydrogens (primary N) is 1. The van der Waals surface area contributed by atoms with Gasteiger partial charge in [-0.05, 0) is 19.1 Å². The van der Waals surface area contributed by atoms with Crippen molar-refractivity contribution in [2.24, 2.45) is 5.84 Å². The maximum atomic E-state index is 13.5. The molecule has 0 aliphatic heterocycles. The van der Waals surface area contributed by atoms with Gasteiger partial charge in [0.1, 0.15) is 5.82 Å². The van der Waals surface area contributed by atoms with Gasteiger partial charge >= 0.3 is 0 Å². The van der Waals surface area contributed by atoms with Gasteiger partial charge in [0, 0.05) is 11.8 Å². The van der Waals surface area contributed by atoms with Crippen LogP contribution in [0, 0.1) is 24.4 Å². The Bertz CT molecular complexity index is 618. The van der Waals surface area contributed by atoms with Gasteiger partial charge in [0.25, 0.3) is 0 Å². The number of hydrogen-bond donors (Lipinski definition) is 3. The van der Waals surface area contributed by atoms with Crippen molar-refractivity contribution < 1.29 is 13.2 Å². The lowest BCUT2D eigenvalue weighted by Gasteiger charge is -2.10. The molecule has 1 aromatic carbocycles. The summed E-state index contributed by atoms with van der Waals surface area (Å²) < 4.78 is 39.4. The highest BCUT2D eigenvalue weighted by Crippen LogP contribution is 2.24. The number of anilines is 3. The predicted octanol–water partition coefficient (Wildman–Crippen LogP) is 2.23. The second-order valence-electron chi connectivity index (χ2n) is 3.72. The molecule has 5 nitrogen and oxygen atoms in total.